The summed E-state index contributed by atoms with van der Waals surface area (Å²) in [6, 6.07) is 18.8. The Labute approximate surface area is 209 Å². The normalized spacial score (nSPS) is 15.1. The number of amides is 4. The summed E-state index contributed by atoms with van der Waals surface area (Å²) in [7, 11) is 0. The van der Waals surface area contributed by atoms with Crippen LogP contribution in [0.1, 0.15) is 16.7 Å². The van der Waals surface area contributed by atoms with Crippen LogP contribution in [0.5, 0.6) is 5.75 Å². The van der Waals surface area contributed by atoms with Gasteiger partial charge in [0, 0.05) is 5.02 Å². The van der Waals surface area contributed by atoms with E-state index in [4.69, 9.17) is 16.3 Å². The number of barbiturate groups is 1. The molecule has 1 heterocycles. The van der Waals surface area contributed by atoms with Gasteiger partial charge in [-0.05, 0) is 83.1 Å². The second kappa shape index (κ2) is 9.76. The maximum atomic E-state index is 13.0. The van der Waals surface area contributed by atoms with Crippen LogP contribution in [0.3, 0.4) is 0 Å². The third-order valence-corrected chi connectivity index (χ3v) is 6.03. The highest BCUT2D eigenvalue weighted by Crippen LogP contribution is 2.27. The zero-order valence-electron chi connectivity index (χ0n) is 17.5. The molecule has 0 aliphatic carbocycles. The highest BCUT2D eigenvalue weighted by molar-refractivity contribution is 14.1. The maximum Gasteiger partial charge on any atom is 0.335 e. The monoisotopic (exact) mass is 572 g/mol. The van der Waals surface area contributed by atoms with Gasteiger partial charge in [0.05, 0.1) is 9.26 Å². The second-order valence-corrected chi connectivity index (χ2v) is 9.00. The Balaban J connectivity index is 1.56. The third kappa shape index (κ3) is 5.26. The summed E-state index contributed by atoms with van der Waals surface area (Å²) in [4.78, 5) is 38.6. The van der Waals surface area contributed by atoms with E-state index >= 15 is 0 Å². The van der Waals surface area contributed by atoms with E-state index in [0.29, 0.717) is 28.6 Å². The SMILES string of the molecule is Cc1cccc(COc2ccc(/C=C3\C(=O)NC(=O)N(c4ccc(Cl)cc4)C3=O)cc2I)c1. The number of hydrogen-bond acceptors (Lipinski definition) is 4. The molecule has 0 saturated carbocycles. The van der Waals surface area contributed by atoms with Crippen LogP contribution < -0.4 is 15.0 Å². The van der Waals surface area contributed by atoms with E-state index < -0.39 is 17.8 Å². The lowest BCUT2D eigenvalue weighted by Crippen LogP contribution is -2.54. The van der Waals surface area contributed by atoms with Gasteiger partial charge in [-0.15, -0.1) is 0 Å². The zero-order chi connectivity index (χ0) is 23.5. The standard InChI is InChI=1S/C25H18ClIN2O4/c1-15-3-2-4-17(11-15)14-33-22-10-5-16(13-21(22)27)12-20-23(30)28-25(32)29(24(20)31)19-8-6-18(26)7-9-19/h2-13H,14H2,1H3,(H,28,30,32)/b20-12+. The van der Waals surface area contributed by atoms with Crippen molar-refractivity contribution in [1.82, 2.24) is 5.32 Å². The average Bonchev–Trinajstić information content (AvgIpc) is 2.77. The van der Waals surface area contributed by atoms with Crippen LogP contribution in [0.15, 0.2) is 72.3 Å². The fraction of sp³-hybridized carbons (Fsp3) is 0.0800. The van der Waals surface area contributed by atoms with E-state index in [1.807, 2.05) is 31.2 Å². The molecule has 1 saturated heterocycles. The van der Waals surface area contributed by atoms with Gasteiger partial charge in [-0.2, -0.15) is 0 Å². The number of hydrogen-bond donors (Lipinski definition) is 1. The Bertz CT molecular complexity index is 1290. The molecule has 8 heteroatoms. The number of nitrogens with one attached hydrogen (secondary N) is 1. The van der Waals surface area contributed by atoms with Crippen molar-refractivity contribution in [3.8, 4) is 5.75 Å². The van der Waals surface area contributed by atoms with E-state index in [9.17, 15) is 14.4 Å². The number of aryl methyl sites for hydroxylation is 1. The number of rotatable bonds is 5. The molecule has 166 valence electrons. The van der Waals surface area contributed by atoms with E-state index in [0.717, 1.165) is 19.6 Å². The fourth-order valence-electron chi connectivity index (χ4n) is 3.34. The molecule has 3 aromatic carbocycles. The zero-order valence-corrected chi connectivity index (χ0v) is 20.4. The molecule has 1 aliphatic heterocycles. The molecule has 1 aliphatic rings. The molecule has 4 rings (SSSR count). The number of ether oxygens (including phenoxy) is 1. The first-order valence-electron chi connectivity index (χ1n) is 9.97. The van der Waals surface area contributed by atoms with Gasteiger partial charge in [-0.1, -0.05) is 47.5 Å². The lowest BCUT2D eigenvalue weighted by Gasteiger charge is -2.26. The summed E-state index contributed by atoms with van der Waals surface area (Å²) < 4.78 is 6.75. The van der Waals surface area contributed by atoms with Crippen LogP contribution >= 0.6 is 34.2 Å². The maximum absolute atomic E-state index is 13.0. The van der Waals surface area contributed by atoms with Gasteiger partial charge in [-0.25, -0.2) is 9.69 Å². The van der Waals surface area contributed by atoms with Crippen LogP contribution in [-0.2, 0) is 16.2 Å². The lowest BCUT2D eigenvalue weighted by molar-refractivity contribution is -0.122. The van der Waals surface area contributed by atoms with Gasteiger partial charge in [0.2, 0.25) is 0 Å². The van der Waals surface area contributed by atoms with E-state index in [2.05, 4.69) is 34.0 Å². The predicted molar refractivity (Wildman–Crippen MR) is 135 cm³/mol. The number of urea groups is 1. The van der Waals surface area contributed by atoms with Crippen molar-refractivity contribution in [3.05, 3.63) is 97.6 Å². The van der Waals surface area contributed by atoms with Gasteiger partial charge < -0.3 is 4.74 Å². The minimum Gasteiger partial charge on any atom is -0.488 e. The molecule has 3 aromatic rings. The smallest absolute Gasteiger partial charge is 0.335 e. The predicted octanol–water partition coefficient (Wildman–Crippen LogP) is 5.50. The van der Waals surface area contributed by atoms with Crippen LogP contribution in [0.25, 0.3) is 6.08 Å². The van der Waals surface area contributed by atoms with E-state index in [-0.39, 0.29) is 5.57 Å². The number of carbonyl (C=O) groups excluding carboxylic acids is 3. The largest absolute Gasteiger partial charge is 0.488 e. The van der Waals surface area contributed by atoms with Crippen LogP contribution in [0, 0.1) is 10.5 Å². The first-order chi connectivity index (χ1) is 15.8. The molecule has 6 nitrogen and oxygen atoms in total. The first-order valence-corrected chi connectivity index (χ1v) is 11.4. The summed E-state index contributed by atoms with van der Waals surface area (Å²) in [5.74, 6) is -0.762. The number of anilines is 1. The lowest BCUT2D eigenvalue weighted by atomic mass is 10.1. The molecule has 0 aromatic heterocycles. The van der Waals surface area contributed by atoms with Gasteiger partial charge in [0.1, 0.15) is 17.9 Å². The summed E-state index contributed by atoms with van der Waals surface area (Å²) in [5.41, 5.74) is 3.03. The van der Waals surface area contributed by atoms with Crippen LogP contribution in [0.2, 0.25) is 5.02 Å². The Kier molecular flexibility index (Phi) is 6.80. The minimum absolute atomic E-state index is 0.145. The van der Waals surface area contributed by atoms with Crippen molar-refractivity contribution >= 4 is 63.8 Å². The number of halogens is 2. The second-order valence-electron chi connectivity index (χ2n) is 7.40. The van der Waals surface area contributed by atoms with Gasteiger partial charge in [0.15, 0.2) is 0 Å². The highest BCUT2D eigenvalue weighted by atomic mass is 127. The summed E-state index contributed by atoms with van der Waals surface area (Å²) in [5, 5.41) is 2.68. The van der Waals surface area contributed by atoms with Crippen molar-refractivity contribution in [2.24, 2.45) is 0 Å². The fourth-order valence-corrected chi connectivity index (χ4v) is 4.16. The Morgan fingerprint density at radius 2 is 1.79 bits per heavy atom. The molecular weight excluding hydrogens is 555 g/mol. The van der Waals surface area contributed by atoms with Gasteiger partial charge >= 0.3 is 6.03 Å². The van der Waals surface area contributed by atoms with E-state index in [1.165, 1.54) is 18.2 Å². The number of nitrogens with zero attached hydrogens (tertiary/aromatic N) is 1. The summed E-state index contributed by atoms with van der Waals surface area (Å²) >= 11 is 8.04. The summed E-state index contributed by atoms with van der Waals surface area (Å²) in [6.45, 7) is 2.46. The Morgan fingerprint density at radius 1 is 1.03 bits per heavy atom. The molecular formula is C25H18ClIN2O4. The summed E-state index contributed by atoms with van der Waals surface area (Å²) in [6.07, 6.45) is 1.46. The van der Waals surface area contributed by atoms with Crippen molar-refractivity contribution < 1.29 is 19.1 Å². The topological polar surface area (TPSA) is 75.7 Å². The van der Waals surface area contributed by atoms with E-state index in [1.54, 1.807) is 24.3 Å². The number of benzene rings is 3. The minimum atomic E-state index is -0.807. The molecule has 0 atom stereocenters. The van der Waals surface area contributed by atoms with Crippen LogP contribution in [0.4, 0.5) is 10.5 Å². The van der Waals surface area contributed by atoms with Gasteiger partial charge in [0.25, 0.3) is 11.8 Å². The van der Waals surface area contributed by atoms with Crippen molar-refractivity contribution in [2.45, 2.75) is 13.5 Å². The highest BCUT2D eigenvalue weighted by Gasteiger charge is 2.36. The van der Waals surface area contributed by atoms with Crippen molar-refractivity contribution in [3.63, 3.8) is 0 Å². The first kappa shape index (κ1) is 23.0. The molecule has 0 radical (unpaired) electrons. The molecule has 33 heavy (non-hydrogen) atoms. The quantitative estimate of drug-likeness (QED) is 0.249. The molecule has 0 unspecified atom stereocenters. The van der Waals surface area contributed by atoms with Crippen molar-refractivity contribution in [1.29, 1.82) is 0 Å². The Hall–Kier alpha value is -3.17. The molecule has 0 spiro atoms. The van der Waals surface area contributed by atoms with Crippen LogP contribution in [-0.4, -0.2) is 17.8 Å². The molecule has 1 fully saturated rings. The molecule has 4 amide bonds. The molecule has 1 N–H and O–H groups in total. The third-order valence-electron chi connectivity index (χ3n) is 4.93. The average molecular weight is 573 g/mol. The van der Waals surface area contributed by atoms with Crippen molar-refractivity contribution in [2.75, 3.05) is 4.90 Å². The number of carbonyl (C=O) groups is 3. The number of imide groups is 2. The molecule has 0 bridgehead atoms. The Morgan fingerprint density at radius 3 is 2.48 bits per heavy atom. The van der Waals surface area contributed by atoms with Gasteiger partial charge in [-0.3, -0.25) is 14.9 Å².